The van der Waals surface area contributed by atoms with Crippen molar-refractivity contribution in [2.75, 3.05) is 0 Å². The molecule has 28 heavy (non-hydrogen) atoms. The second kappa shape index (κ2) is 6.59. The molecule has 0 fully saturated rings. The van der Waals surface area contributed by atoms with E-state index in [0.29, 0.717) is 23.6 Å². The molecular weight excluding hydrogens is 366 g/mol. The van der Waals surface area contributed by atoms with Crippen molar-refractivity contribution in [2.24, 2.45) is 0 Å². The standard InChI is InChI=1S/C19H16F2N6O/c1-10(28)19(23)27-15(22)7-6-14(25-27)18-17(24-16-3-2-8-26(16)18)12-5-4-11(20)9-13(12)21/h4-7,9,22-23H,2-3,8H2,1H3. The first-order valence-electron chi connectivity index (χ1n) is 8.67. The Bertz CT molecular complexity index is 1190. The van der Waals surface area contributed by atoms with E-state index >= 15 is 0 Å². The van der Waals surface area contributed by atoms with Crippen LogP contribution in [0, 0.1) is 22.5 Å². The highest BCUT2D eigenvalue weighted by Gasteiger charge is 2.26. The number of imidazole rings is 1. The van der Waals surface area contributed by atoms with Gasteiger partial charge in [0, 0.05) is 31.5 Å². The van der Waals surface area contributed by atoms with Crippen LogP contribution in [0.4, 0.5) is 8.78 Å². The Morgan fingerprint density at radius 1 is 1.21 bits per heavy atom. The highest BCUT2D eigenvalue weighted by atomic mass is 19.1. The summed E-state index contributed by atoms with van der Waals surface area (Å²) in [6.45, 7) is 1.88. The summed E-state index contributed by atoms with van der Waals surface area (Å²) < 4.78 is 30.6. The summed E-state index contributed by atoms with van der Waals surface area (Å²) >= 11 is 0. The third kappa shape index (κ3) is 2.84. The predicted octanol–water partition coefficient (Wildman–Crippen LogP) is 2.53. The van der Waals surface area contributed by atoms with Gasteiger partial charge in [0.15, 0.2) is 11.6 Å². The quantitative estimate of drug-likeness (QED) is 0.538. The van der Waals surface area contributed by atoms with E-state index in [4.69, 9.17) is 10.8 Å². The fourth-order valence-electron chi connectivity index (χ4n) is 3.32. The number of aryl methyl sites for hydroxylation is 1. The number of benzene rings is 1. The molecule has 0 radical (unpaired) electrons. The van der Waals surface area contributed by atoms with E-state index in [-0.39, 0.29) is 11.1 Å². The fraction of sp³-hybridized carbons (Fsp3) is 0.211. The first-order chi connectivity index (χ1) is 13.4. The van der Waals surface area contributed by atoms with Gasteiger partial charge in [0.05, 0.1) is 5.69 Å². The van der Waals surface area contributed by atoms with Crippen LogP contribution in [0.2, 0.25) is 0 Å². The number of hydrogen-bond donors (Lipinski definition) is 2. The van der Waals surface area contributed by atoms with Crippen molar-refractivity contribution in [1.82, 2.24) is 19.3 Å². The lowest BCUT2D eigenvalue weighted by molar-refractivity contribution is -0.111. The Morgan fingerprint density at radius 3 is 2.71 bits per heavy atom. The molecule has 2 N–H and O–H groups in total. The highest BCUT2D eigenvalue weighted by Crippen LogP contribution is 2.35. The molecule has 3 heterocycles. The number of hydrogen-bond acceptors (Lipinski definition) is 5. The lowest BCUT2D eigenvalue weighted by Crippen LogP contribution is -2.33. The Kier molecular flexibility index (Phi) is 4.21. The summed E-state index contributed by atoms with van der Waals surface area (Å²) in [5.41, 5.74) is 1.20. The SMILES string of the molecule is CC(=O)C(=N)n1nc(-c2c(-c3ccc(F)cc3F)nc3n2CCC3)ccc1=N. The Balaban J connectivity index is 1.96. The second-order valence-electron chi connectivity index (χ2n) is 6.53. The highest BCUT2D eigenvalue weighted by molar-refractivity contribution is 6.37. The van der Waals surface area contributed by atoms with Gasteiger partial charge in [-0.1, -0.05) is 0 Å². The van der Waals surface area contributed by atoms with Crippen molar-refractivity contribution in [3.05, 3.63) is 53.3 Å². The molecule has 0 bridgehead atoms. The van der Waals surface area contributed by atoms with Gasteiger partial charge in [-0.15, -0.1) is 0 Å². The zero-order chi connectivity index (χ0) is 20.0. The number of fused-ring (bicyclic) bond motifs is 1. The minimum absolute atomic E-state index is 0.125. The lowest BCUT2D eigenvalue weighted by Gasteiger charge is -2.11. The molecule has 2 aromatic heterocycles. The molecule has 1 aliphatic rings. The normalized spacial score (nSPS) is 12.8. The van der Waals surface area contributed by atoms with Crippen LogP contribution < -0.4 is 5.49 Å². The van der Waals surface area contributed by atoms with E-state index in [1.54, 1.807) is 6.07 Å². The molecule has 0 saturated heterocycles. The van der Waals surface area contributed by atoms with E-state index in [9.17, 15) is 13.6 Å². The molecule has 1 aromatic carbocycles. The van der Waals surface area contributed by atoms with Gasteiger partial charge in [-0.2, -0.15) is 9.78 Å². The molecule has 0 spiro atoms. The molecule has 1 aliphatic heterocycles. The van der Waals surface area contributed by atoms with E-state index < -0.39 is 23.3 Å². The van der Waals surface area contributed by atoms with Crippen molar-refractivity contribution in [1.29, 1.82) is 10.8 Å². The van der Waals surface area contributed by atoms with Crippen LogP contribution in [0.15, 0.2) is 30.3 Å². The van der Waals surface area contributed by atoms with Gasteiger partial charge < -0.3 is 4.57 Å². The van der Waals surface area contributed by atoms with Crippen molar-refractivity contribution >= 4 is 11.6 Å². The number of nitrogens with zero attached hydrogens (tertiary/aromatic N) is 4. The molecule has 3 aromatic rings. The van der Waals surface area contributed by atoms with Crippen LogP contribution in [-0.2, 0) is 17.8 Å². The van der Waals surface area contributed by atoms with E-state index in [0.717, 1.165) is 29.4 Å². The third-order valence-corrected chi connectivity index (χ3v) is 4.64. The number of carbonyl (C=O) groups is 1. The van der Waals surface area contributed by atoms with Crippen molar-refractivity contribution in [3.8, 4) is 22.6 Å². The maximum Gasteiger partial charge on any atom is 0.196 e. The molecule has 0 atom stereocenters. The lowest BCUT2D eigenvalue weighted by atomic mass is 10.1. The van der Waals surface area contributed by atoms with Crippen molar-refractivity contribution in [2.45, 2.75) is 26.3 Å². The van der Waals surface area contributed by atoms with Gasteiger partial charge in [-0.3, -0.25) is 15.6 Å². The van der Waals surface area contributed by atoms with Crippen LogP contribution in [0.25, 0.3) is 22.6 Å². The maximum absolute atomic E-state index is 14.4. The zero-order valence-electron chi connectivity index (χ0n) is 15.0. The summed E-state index contributed by atoms with van der Waals surface area (Å²) in [4.78, 5) is 16.1. The summed E-state index contributed by atoms with van der Waals surface area (Å²) in [6, 6.07) is 6.28. The average molecular weight is 382 g/mol. The van der Waals surface area contributed by atoms with Crippen LogP contribution >= 0.6 is 0 Å². The molecule has 4 rings (SSSR count). The molecule has 7 nitrogen and oxygen atoms in total. The number of rotatable bonds is 3. The first kappa shape index (κ1) is 17.9. The Labute approximate surface area is 158 Å². The smallest absolute Gasteiger partial charge is 0.196 e. The van der Waals surface area contributed by atoms with Crippen molar-refractivity contribution in [3.63, 3.8) is 0 Å². The summed E-state index contributed by atoms with van der Waals surface area (Å²) in [6.07, 6.45) is 1.59. The minimum atomic E-state index is -0.737. The van der Waals surface area contributed by atoms with Crippen LogP contribution in [0.1, 0.15) is 19.2 Å². The van der Waals surface area contributed by atoms with E-state index in [2.05, 4.69) is 10.1 Å². The number of nitrogens with one attached hydrogen (secondary N) is 2. The molecule has 142 valence electrons. The Hall–Kier alpha value is -3.49. The predicted molar refractivity (Wildman–Crippen MR) is 96.8 cm³/mol. The minimum Gasteiger partial charge on any atom is -0.326 e. The van der Waals surface area contributed by atoms with Crippen LogP contribution in [0.3, 0.4) is 0 Å². The van der Waals surface area contributed by atoms with E-state index in [1.165, 1.54) is 25.1 Å². The summed E-state index contributed by atoms with van der Waals surface area (Å²) in [5, 5.41) is 20.1. The van der Waals surface area contributed by atoms with Gasteiger partial charge in [0.1, 0.15) is 34.3 Å². The molecule has 0 amide bonds. The van der Waals surface area contributed by atoms with Gasteiger partial charge in [0.2, 0.25) is 0 Å². The maximum atomic E-state index is 14.4. The number of carbonyl (C=O) groups excluding carboxylic acids is 1. The second-order valence-corrected chi connectivity index (χ2v) is 6.53. The number of ketones is 1. The topological polar surface area (TPSA) is 100 Å². The Morgan fingerprint density at radius 2 is 2.00 bits per heavy atom. The number of aromatic nitrogens is 4. The molecule has 0 unspecified atom stereocenters. The monoisotopic (exact) mass is 382 g/mol. The molecule has 0 aliphatic carbocycles. The first-order valence-corrected chi connectivity index (χ1v) is 8.67. The van der Waals surface area contributed by atoms with Crippen LogP contribution in [-0.4, -0.2) is 31.0 Å². The van der Waals surface area contributed by atoms with Gasteiger partial charge in [-0.05, 0) is 30.7 Å². The van der Waals surface area contributed by atoms with Crippen molar-refractivity contribution < 1.29 is 13.6 Å². The van der Waals surface area contributed by atoms with E-state index in [1.807, 2.05) is 4.57 Å². The van der Waals surface area contributed by atoms with Crippen LogP contribution in [0.5, 0.6) is 0 Å². The number of halogens is 2. The largest absolute Gasteiger partial charge is 0.326 e. The summed E-state index contributed by atoms with van der Waals surface area (Å²) in [5.74, 6) is -1.63. The average Bonchev–Trinajstić information content (AvgIpc) is 3.23. The third-order valence-electron chi connectivity index (χ3n) is 4.64. The zero-order valence-corrected chi connectivity index (χ0v) is 15.0. The fourth-order valence-corrected chi connectivity index (χ4v) is 3.32. The van der Waals surface area contributed by atoms with Gasteiger partial charge >= 0.3 is 0 Å². The van der Waals surface area contributed by atoms with Gasteiger partial charge in [-0.25, -0.2) is 13.8 Å². The molecule has 0 saturated carbocycles. The summed E-state index contributed by atoms with van der Waals surface area (Å²) in [7, 11) is 0. The molecular formula is C19H16F2N6O. The van der Waals surface area contributed by atoms with Gasteiger partial charge in [0.25, 0.3) is 0 Å². The number of Topliss-reactive ketones (excluding diaryl/α,β-unsaturated/α-hetero) is 1. The molecule has 9 heteroatoms.